The van der Waals surface area contributed by atoms with Crippen molar-refractivity contribution >= 4 is 38.4 Å². The van der Waals surface area contributed by atoms with Gasteiger partial charge in [-0.2, -0.15) is 0 Å². The molecule has 0 aliphatic rings. The summed E-state index contributed by atoms with van der Waals surface area (Å²) in [5, 5.41) is 1.82. The van der Waals surface area contributed by atoms with Crippen LogP contribution in [0.3, 0.4) is 0 Å². The molecule has 0 atom stereocenters. The Balaban J connectivity index is 1.55. The Kier molecular flexibility index (Phi) is 5.76. The number of para-hydroxylation sites is 1. The van der Waals surface area contributed by atoms with E-state index in [1.54, 1.807) is 18.2 Å². The third kappa shape index (κ3) is 4.26. The predicted octanol–water partition coefficient (Wildman–Crippen LogP) is 7.07. The van der Waals surface area contributed by atoms with E-state index in [0.29, 0.717) is 49.7 Å². The Hall–Kier alpha value is -5.04. The van der Waals surface area contributed by atoms with E-state index in [1.165, 1.54) is 0 Å². The Labute approximate surface area is 248 Å². The summed E-state index contributed by atoms with van der Waals surface area (Å²) in [5.41, 5.74) is 5.91. The first-order valence-corrected chi connectivity index (χ1v) is 14.4. The molecule has 7 aromatic rings. The van der Waals surface area contributed by atoms with Crippen LogP contribution in [0.5, 0.6) is 0 Å². The third-order valence-electron chi connectivity index (χ3n) is 8.07. The van der Waals surface area contributed by atoms with Crippen LogP contribution in [0.25, 0.3) is 60.9 Å². The normalized spacial score (nSPS) is 12.6. The third-order valence-corrected chi connectivity index (χ3v) is 8.07. The molecule has 6 aromatic heterocycles. The monoisotopic (exact) mass is 565 g/mol. The molecule has 0 unspecified atom stereocenters. The highest BCUT2D eigenvalue weighted by Crippen LogP contribution is 2.30. The van der Waals surface area contributed by atoms with Crippen LogP contribution in [0, 0.1) is 0 Å². The van der Waals surface area contributed by atoms with Gasteiger partial charge in [0.15, 0.2) is 22.2 Å². The highest BCUT2D eigenvalue weighted by atomic mass is 16.1. The summed E-state index contributed by atoms with van der Waals surface area (Å²) in [6.07, 6.45) is 3.63. The van der Waals surface area contributed by atoms with Gasteiger partial charge in [-0.3, -0.25) is 24.0 Å². The molecule has 0 amide bonds. The molecule has 43 heavy (non-hydrogen) atoms. The van der Waals surface area contributed by atoms with Crippen LogP contribution >= 0.6 is 0 Å². The molecule has 7 nitrogen and oxygen atoms in total. The predicted molar refractivity (Wildman–Crippen MR) is 173 cm³/mol. The van der Waals surface area contributed by atoms with Gasteiger partial charge in [-0.25, -0.2) is 9.97 Å². The van der Waals surface area contributed by atoms with Gasteiger partial charge in [-0.15, -0.1) is 0 Å². The summed E-state index contributed by atoms with van der Waals surface area (Å²) in [4.78, 5) is 46.9. The van der Waals surface area contributed by atoms with Gasteiger partial charge in [0.25, 0.3) is 0 Å². The lowest BCUT2D eigenvalue weighted by molar-refractivity contribution is 0.569. The zero-order valence-corrected chi connectivity index (χ0v) is 25.1. The van der Waals surface area contributed by atoms with Crippen LogP contribution < -0.4 is 10.9 Å². The number of rotatable bonds is 2. The molecular weight excluding hydrogens is 534 g/mol. The molecule has 0 spiro atoms. The van der Waals surface area contributed by atoms with Crippen molar-refractivity contribution in [3.63, 3.8) is 0 Å². The van der Waals surface area contributed by atoms with Crippen molar-refractivity contribution in [1.82, 2.24) is 24.3 Å². The quantitative estimate of drug-likeness (QED) is 0.165. The van der Waals surface area contributed by atoms with Gasteiger partial charge in [0.05, 0.1) is 27.7 Å². The maximum absolute atomic E-state index is 13.7. The number of pyridine rings is 6. The molecule has 1 aromatic carbocycles. The minimum Gasteiger partial charge on any atom is -0.288 e. The van der Waals surface area contributed by atoms with Crippen LogP contribution in [0.15, 0.2) is 88.7 Å². The second-order valence-electron chi connectivity index (χ2n) is 13.2. The van der Waals surface area contributed by atoms with E-state index in [1.807, 2.05) is 65.3 Å². The first-order chi connectivity index (χ1) is 20.4. The molecule has 0 saturated carbocycles. The fourth-order valence-corrected chi connectivity index (χ4v) is 5.64. The number of fused-ring (bicyclic) bond motifs is 4. The minimum atomic E-state index is -0.169. The Bertz CT molecular complexity index is 2170. The van der Waals surface area contributed by atoms with Gasteiger partial charge in [0, 0.05) is 56.5 Å². The molecule has 0 saturated heterocycles. The van der Waals surface area contributed by atoms with Crippen molar-refractivity contribution in [3.05, 3.63) is 111 Å². The zero-order chi connectivity index (χ0) is 30.3. The van der Waals surface area contributed by atoms with Gasteiger partial charge in [-0.1, -0.05) is 47.6 Å². The SMILES string of the molecule is CC(C)(C)c1ccc(-c2ccc3c(=O)c4cccc5c(=O)c6ccc(-c7ccc(C(C)(C)C)nc7)nc6n(c3n2)c45)cn1. The average Bonchev–Trinajstić information content (AvgIpc) is 2.99. The second kappa shape index (κ2) is 9.23. The zero-order valence-electron chi connectivity index (χ0n) is 25.1. The lowest BCUT2D eigenvalue weighted by Crippen LogP contribution is -2.16. The van der Waals surface area contributed by atoms with E-state index >= 15 is 0 Å². The lowest BCUT2D eigenvalue weighted by atomic mass is 9.91. The maximum Gasteiger partial charge on any atom is 0.198 e. The molecule has 212 valence electrons. The Morgan fingerprint density at radius 2 is 0.977 bits per heavy atom. The largest absolute Gasteiger partial charge is 0.288 e. The molecule has 6 heterocycles. The second-order valence-corrected chi connectivity index (χ2v) is 13.2. The van der Waals surface area contributed by atoms with E-state index < -0.39 is 0 Å². The van der Waals surface area contributed by atoms with Crippen molar-refractivity contribution in [3.8, 4) is 22.5 Å². The van der Waals surface area contributed by atoms with E-state index in [9.17, 15) is 9.59 Å². The lowest BCUT2D eigenvalue weighted by Gasteiger charge is -2.18. The van der Waals surface area contributed by atoms with Gasteiger partial charge in [0.1, 0.15) is 0 Å². The highest BCUT2D eigenvalue weighted by molar-refractivity contribution is 6.06. The summed E-state index contributed by atoms with van der Waals surface area (Å²) in [5.74, 6) is 0. The summed E-state index contributed by atoms with van der Waals surface area (Å²) < 4.78 is 1.87. The fraction of sp³-hybridized carbons (Fsp3) is 0.222. The van der Waals surface area contributed by atoms with Crippen molar-refractivity contribution in [2.45, 2.75) is 52.4 Å². The van der Waals surface area contributed by atoms with Crippen LogP contribution in [-0.2, 0) is 10.8 Å². The van der Waals surface area contributed by atoms with Crippen molar-refractivity contribution < 1.29 is 0 Å². The van der Waals surface area contributed by atoms with Crippen LogP contribution in [0.4, 0.5) is 0 Å². The summed E-state index contributed by atoms with van der Waals surface area (Å²) >= 11 is 0. The molecule has 0 radical (unpaired) electrons. The number of hydrogen-bond donors (Lipinski definition) is 0. The molecule has 7 heteroatoms. The molecule has 0 bridgehead atoms. The summed E-state index contributed by atoms with van der Waals surface area (Å²) in [6, 6.07) is 20.6. The van der Waals surface area contributed by atoms with E-state index in [-0.39, 0.29) is 21.7 Å². The van der Waals surface area contributed by atoms with Gasteiger partial charge < -0.3 is 0 Å². The molecule has 0 aliphatic carbocycles. The number of benzene rings is 1. The first-order valence-electron chi connectivity index (χ1n) is 14.4. The van der Waals surface area contributed by atoms with Crippen LogP contribution in [0.1, 0.15) is 52.9 Å². The van der Waals surface area contributed by atoms with E-state index in [2.05, 4.69) is 51.5 Å². The smallest absolute Gasteiger partial charge is 0.198 e. The van der Waals surface area contributed by atoms with Crippen molar-refractivity contribution in [1.29, 1.82) is 0 Å². The summed E-state index contributed by atoms with van der Waals surface area (Å²) in [7, 11) is 0. The van der Waals surface area contributed by atoms with Crippen LogP contribution in [-0.4, -0.2) is 24.3 Å². The molecule has 7 rings (SSSR count). The number of aromatic nitrogens is 5. The summed E-state index contributed by atoms with van der Waals surface area (Å²) in [6.45, 7) is 12.7. The molecule has 0 aliphatic heterocycles. The fourth-order valence-electron chi connectivity index (χ4n) is 5.64. The highest BCUT2D eigenvalue weighted by Gasteiger charge is 2.21. The van der Waals surface area contributed by atoms with Gasteiger partial charge in [0.2, 0.25) is 0 Å². The molecule has 0 N–H and O–H groups in total. The van der Waals surface area contributed by atoms with Crippen molar-refractivity contribution in [2.24, 2.45) is 0 Å². The van der Waals surface area contributed by atoms with E-state index in [4.69, 9.17) is 9.97 Å². The topological polar surface area (TPSA) is 90.1 Å². The standard InChI is InChI=1S/C36H31N5O2/c1-35(2,3)28-16-10-20(18-37-28)26-14-12-24-31(42)22-8-7-9-23-30(22)41(33(24)39-26)34-25(32(23)43)13-15-27(40-34)21-11-17-29(38-19-21)36(4,5)6/h7-19H,1-6H3. The molecular formula is C36H31N5O2. The minimum absolute atomic E-state index is 0.0790. The maximum atomic E-state index is 13.7. The van der Waals surface area contributed by atoms with Gasteiger partial charge in [-0.05, 0) is 60.7 Å². The van der Waals surface area contributed by atoms with Crippen LogP contribution in [0.2, 0.25) is 0 Å². The number of nitrogens with zero attached hydrogens (tertiary/aromatic N) is 5. The first kappa shape index (κ1) is 26.8. The van der Waals surface area contributed by atoms with Gasteiger partial charge >= 0.3 is 0 Å². The molecule has 0 fully saturated rings. The Morgan fingerprint density at radius 1 is 0.535 bits per heavy atom. The Morgan fingerprint density at radius 3 is 1.35 bits per heavy atom. The number of hydrogen-bond acceptors (Lipinski definition) is 6. The average molecular weight is 566 g/mol. The van der Waals surface area contributed by atoms with Crippen molar-refractivity contribution in [2.75, 3.05) is 0 Å². The van der Waals surface area contributed by atoms with E-state index in [0.717, 1.165) is 22.5 Å².